The Morgan fingerprint density at radius 1 is 1.24 bits per heavy atom. The van der Waals surface area contributed by atoms with Crippen molar-refractivity contribution in [3.63, 3.8) is 0 Å². The molecule has 2 aliphatic heterocycles. The van der Waals surface area contributed by atoms with Crippen molar-refractivity contribution < 1.29 is 9.53 Å². The molecule has 0 aromatic heterocycles. The Balaban J connectivity index is 1.72. The summed E-state index contributed by atoms with van der Waals surface area (Å²) in [5, 5.41) is 1.57. The van der Waals surface area contributed by atoms with E-state index in [1.165, 1.54) is 19.3 Å². The number of ketones is 1. The molecule has 2 fully saturated rings. The van der Waals surface area contributed by atoms with Gasteiger partial charge in [-0.2, -0.15) is 11.8 Å². The van der Waals surface area contributed by atoms with Crippen LogP contribution in [-0.2, 0) is 9.53 Å². The summed E-state index contributed by atoms with van der Waals surface area (Å²) in [4.78, 5) is 12.1. The first kappa shape index (κ1) is 13.4. The average Bonchev–Trinajstić information content (AvgIpc) is 2.34. The molecule has 0 radical (unpaired) electrons. The number of unbranched alkanes of at least 4 members (excludes halogenated alkanes) is 1. The molecule has 0 aromatic carbocycles. The predicted octanol–water partition coefficient (Wildman–Crippen LogP) is 3.44. The van der Waals surface area contributed by atoms with Gasteiger partial charge in [0.2, 0.25) is 0 Å². The van der Waals surface area contributed by atoms with E-state index in [4.69, 9.17) is 4.74 Å². The lowest BCUT2D eigenvalue weighted by atomic mass is 9.85. The van der Waals surface area contributed by atoms with E-state index in [9.17, 15) is 4.79 Å². The minimum Gasteiger partial charge on any atom is -0.385 e. The molecule has 2 nitrogen and oxygen atoms in total. The maximum absolute atomic E-state index is 12.1. The number of thioether (sulfide) groups is 1. The molecular weight excluding hydrogens is 232 g/mol. The predicted molar refractivity (Wildman–Crippen MR) is 72.5 cm³/mol. The highest BCUT2D eigenvalue weighted by Crippen LogP contribution is 2.44. The lowest BCUT2D eigenvalue weighted by Crippen LogP contribution is -2.32. The Hall–Kier alpha value is -0.0200. The first-order valence-electron chi connectivity index (χ1n) is 6.96. The maximum atomic E-state index is 12.1. The summed E-state index contributed by atoms with van der Waals surface area (Å²) >= 11 is 2.15. The Morgan fingerprint density at radius 3 is 2.59 bits per heavy atom. The normalized spacial score (nSPS) is 32.4. The third-order valence-corrected chi connectivity index (χ3v) is 5.64. The van der Waals surface area contributed by atoms with Gasteiger partial charge in [0.1, 0.15) is 5.78 Å². The molecule has 2 aliphatic rings. The topological polar surface area (TPSA) is 26.3 Å². The van der Waals surface area contributed by atoms with Crippen LogP contribution in [0.25, 0.3) is 0 Å². The van der Waals surface area contributed by atoms with Gasteiger partial charge >= 0.3 is 0 Å². The van der Waals surface area contributed by atoms with Gasteiger partial charge in [-0.25, -0.2) is 0 Å². The molecule has 0 amide bonds. The number of carbonyl (C=O) groups is 1. The Morgan fingerprint density at radius 2 is 1.94 bits per heavy atom. The molecule has 0 saturated carbocycles. The van der Waals surface area contributed by atoms with Crippen LogP contribution in [0.15, 0.2) is 0 Å². The summed E-state index contributed by atoms with van der Waals surface area (Å²) in [6.07, 6.45) is 9.19. The molecule has 17 heavy (non-hydrogen) atoms. The van der Waals surface area contributed by atoms with Gasteiger partial charge in [-0.15, -0.1) is 0 Å². The summed E-state index contributed by atoms with van der Waals surface area (Å²) in [7, 11) is 1.72. The third kappa shape index (κ3) is 3.99. The number of Topliss-reactive ketones (excluding diaryl/α,β-unsaturated/α-hetero) is 1. The van der Waals surface area contributed by atoms with Crippen LogP contribution < -0.4 is 0 Å². The second kappa shape index (κ2) is 6.79. The fourth-order valence-electron chi connectivity index (χ4n) is 3.07. The first-order valence-corrected chi connectivity index (χ1v) is 7.91. The Labute approximate surface area is 109 Å². The molecule has 98 valence electrons. The van der Waals surface area contributed by atoms with E-state index in [1.54, 1.807) is 7.11 Å². The molecular formula is C14H24O2S. The van der Waals surface area contributed by atoms with E-state index in [-0.39, 0.29) is 0 Å². The van der Waals surface area contributed by atoms with Crippen LogP contribution in [0.4, 0.5) is 0 Å². The lowest BCUT2D eigenvalue weighted by molar-refractivity contribution is -0.123. The lowest BCUT2D eigenvalue weighted by Gasteiger charge is -2.38. The van der Waals surface area contributed by atoms with Crippen LogP contribution in [0.1, 0.15) is 51.4 Å². The minimum absolute atomic E-state index is 0.383. The number of rotatable bonds is 6. The summed E-state index contributed by atoms with van der Waals surface area (Å²) in [5.41, 5.74) is 0. The summed E-state index contributed by atoms with van der Waals surface area (Å²) < 4.78 is 5.02. The van der Waals surface area contributed by atoms with Gasteiger partial charge < -0.3 is 4.74 Å². The highest BCUT2D eigenvalue weighted by molar-refractivity contribution is 8.00. The van der Waals surface area contributed by atoms with E-state index in [2.05, 4.69) is 11.8 Å². The standard InChI is InChI=1S/C14H24O2S/c1-16-8-3-2-7-14(15)11-9-12-5-4-6-13(10-11)17-12/h11-13H,2-10H2,1H3. The molecule has 0 aromatic rings. The van der Waals surface area contributed by atoms with Gasteiger partial charge in [0.15, 0.2) is 0 Å². The van der Waals surface area contributed by atoms with Crippen molar-refractivity contribution in [2.24, 2.45) is 5.92 Å². The zero-order valence-electron chi connectivity index (χ0n) is 10.8. The molecule has 0 spiro atoms. The second-order valence-corrected chi connectivity index (χ2v) is 7.00. The molecule has 3 heteroatoms. The van der Waals surface area contributed by atoms with Crippen LogP contribution >= 0.6 is 11.8 Å². The van der Waals surface area contributed by atoms with Crippen molar-refractivity contribution in [2.75, 3.05) is 13.7 Å². The van der Waals surface area contributed by atoms with Crippen LogP contribution in [-0.4, -0.2) is 30.0 Å². The largest absolute Gasteiger partial charge is 0.385 e. The molecule has 2 saturated heterocycles. The SMILES string of the molecule is COCCCCC(=O)C1CC2CCCC(C1)S2. The zero-order valence-corrected chi connectivity index (χ0v) is 11.6. The van der Waals surface area contributed by atoms with E-state index in [0.717, 1.165) is 49.2 Å². The van der Waals surface area contributed by atoms with Gasteiger partial charge in [0.05, 0.1) is 0 Å². The van der Waals surface area contributed by atoms with Gasteiger partial charge in [-0.3, -0.25) is 4.79 Å². The van der Waals surface area contributed by atoms with Crippen molar-refractivity contribution >= 4 is 17.5 Å². The summed E-state index contributed by atoms with van der Waals surface area (Å²) in [6, 6.07) is 0. The molecule has 2 atom stereocenters. The van der Waals surface area contributed by atoms with Crippen molar-refractivity contribution in [2.45, 2.75) is 61.9 Å². The first-order chi connectivity index (χ1) is 8.29. The van der Waals surface area contributed by atoms with Crippen LogP contribution in [0.5, 0.6) is 0 Å². The number of fused-ring (bicyclic) bond motifs is 2. The van der Waals surface area contributed by atoms with Gasteiger partial charge in [-0.1, -0.05) is 6.42 Å². The van der Waals surface area contributed by atoms with Crippen molar-refractivity contribution in [3.8, 4) is 0 Å². The third-order valence-electron chi connectivity index (χ3n) is 4.01. The highest BCUT2D eigenvalue weighted by Gasteiger charge is 2.34. The van der Waals surface area contributed by atoms with Crippen molar-refractivity contribution in [3.05, 3.63) is 0 Å². The minimum atomic E-state index is 0.383. The van der Waals surface area contributed by atoms with E-state index in [0.29, 0.717) is 11.7 Å². The fraction of sp³-hybridized carbons (Fsp3) is 0.929. The maximum Gasteiger partial charge on any atom is 0.136 e. The van der Waals surface area contributed by atoms with E-state index < -0.39 is 0 Å². The average molecular weight is 256 g/mol. The zero-order chi connectivity index (χ0) is 12.1. The monoisotopic (exact) mass is 256 g/mol. The smallest absolute Gasteiger partial charge is 0.136 e. The number of methoxy groups -OCH3 is 1. The number of hydrogen-bond donors (Lipinski definition) is 0. The van der Waals surface area contributed by atoms with Gasteiger partial charge in [0.25, 0.3) is 0 Å². The van der Waals surface area contributed by atoms with Gasteiger partial charge in [0, 0.05) is 36.6 Å². The Bertz CT molecular complexity index is 243. The van der Waals surface area contributed by atoms with Crippen molar-refractivity contribution in [1.82, 2.24) is 0 Å². The highest BCUT2D eigenvalue weighted by atomic mass is 32.2. The number of carbonyl (C=O) groups excluding carboxylic acids is 1. The molecule has 2 heterocycles. The number of hydrogen-bond acceptors (Lipinski definition) is 3. The molecule has 2 unspecified atom stereocenters. The molecule has 0 N–H and O–H groups in total. The quantitative estimate of drug-likeness (QED) is 0.681. The molecule has 2 rings (SSSR count). The van der Waals surface area contributed by atoms with Crippen molar-refractivity contribution in [1.29, 1.82) is 0 Å². The Kier molecular flexibility index (Phi) is 5.36. The fourth-order valence-corrected chi connectivity index (χ4v) is 4.91. The number of ether oxygens (including phenoxy) is 1. The van der Waals surface area contributed by atoms with Crippen LogP contribution in [0.3, 0.4) is 0 Å². The van der Waals surface area contributed by atoms with E-state index in [1.807, 2.05) is 0 Å². The summed E-state index contributed by atoms with van der Waals surface area (Å²) in [5.74, 6) is 0.910. The molecule has 2 bridgehead atoms. The van der Waals surface area contributed by atoms with Crippen LogP contribution in [0, 0.1) is 5.92 Å². The van der Waals surface area contributed by atoms with Gasteiger partial charge in [-0.05, 0) is 38.5 Å². The molecule has 0 aliphatic carbocycles. The van der Waals surface area contributed by atoms with Crippen LogP contribution in [0.2, 0.25) is 0 Å². The second-order valence-electron chi connectivity index (χ2n) is 5.40. The van der Waals surface area contributed by atoms with E-state index >= 15 is 0 Å². The summed E-state index contributed by atoms with van der Waals surface area (Å²) in [6.45, 7) is 0.791.